The average Bonchev–Trinajstić information content (AvgIpc) is 2.63. The fourth-order valence-corrected chi connectivity index (χ4v) is 2.62. The van der Waals surface area contributed by atoms with Crippen LogP contribution in [0.1, 0.15) is 12.5 Å². The molecule has 0 heterocycles. The number of amides is 1. The van der Waals surface area contributed by atoms with Crippen molar-refractivity contribution >= 4 is 29.4 Å². The number of benzene rings is 2. The fourth-order valence-electron chi connectivity index (χ4n) is 2.13. The topological polar surface area (TPSA) is 82.3 Å². The number of anilines is 1. The molecule has 27 heavy (non-hydrogen) atoms. The van der Waals surface area contributed by atoms with Crippen molar-refractivity contribution in [2.75, 3.05) is 11.9 Å². The number of alkyl halides is 2. The molecular weight excluding hydrogens is 374 g/mol. The Bertz CT molecular complexity index is 878. The number of thioether (sulfide) groups is 1. The Morgan fingerprint density at radius 1 is 1.33 bits per heavy atom. The molecule has 2 N–H and O–H groups in total. The maximum Gasteiger partial charge on any atom is 0.288 e. The number of carbonyl (C=O) groups is 1. The van der Waals surface area contributed by atoms with Crippen LogP contribution in [0.5, 0.6) is 11.5 Å². The molecular formula is C19H16F2N2O3S. The molecule has 1 amide bonds. The minimum Gasteiger partial charge on any atom is -0.504 e. The van der Waals surface area contributed by atoms with Crippen LogP contribution >= 0.6 is 11.8 Å². The van der Waals surface area contributed by atoms with E-state index in [1.54, 1.807) is 13.0 Å². The van der Waals surface area contributed by atoms with Gasteiger partial charge in [-0.3, -0.25) is 4.79 Å². The van der Waals surface area contributed by atoms with Gasteiger partial charge in [-0.15, -0.1) is 0 Å². The maximum absolute atomic E-state index is 12.3. The number of hydrogen-bond donors (Lipinski definition) is 2. The number of rotatable bonds is 7. The van der Waals surface area contributed by atoms with E-state index < -0.39 is 11.7 Å². The summed E-state index contributed by atoms with van der Waals surface area (Å²) in [6.45, 7) is 2.12. The van der Waals surface area contributed by atoms with Crippen LogP contribution in [0.15, 0.2) is 52.9 Å². The number of nitrogens with zero attached hydrogens (tertiary/aromatic N) is 1. The number of nitriles is 1. The van der Waals surface area contributed by atoms with Gasteiger partial charge in [0.15, 0.2) is 11.5 Å². The molecule has 0 atom stereocenters. The van der Waals surface area contributed by atoms with Crippen LogP contribution in [-0.4, -0.2) is 23.4 Å². The van der Waals surface area contributed by atoms with Crippen molar-refractivity contribution in [3.8, 4) is 17.6 Å². The van der Waals surface area contributed by atoms with Crippen molar-refractivity contribution in [2.45, 2.75) is 17.6 Å². The molecule has 0 aromatic heterocycles. The first-order valence-electron chi connectivity index (χ1n) is 7.86. The second-order valence-electron chi connectivity index (χ2n) is 5.19. The van der Waals surface area contributed by atoms with E-state index in [1.165, 1.54) is 42.5 Å². The molecule has 0 aliphatic heterocycles. The molecule has 2 aromatic carbocycles. The molecule has 8 heteroatoms. The van der Waals surface area contributed by atoms with Crippen LogP contribution in [0.3, 0.4) is 0 Å². The first kappa shape index (κ1) is 20.3. The lowest BCUT2D eigenvalue weighted by Gasteiger charge is -2.08. The lowest BCUT2D eigenvalue weighted by atomic mass is 10.1. The van der Waals surface area contributed by atoms with Crippen LogP contribution in [0, 0.1) is 11.3 Å². The first-order valence-corrected chi connectivity index (χ1v) is 8.74. The van der Waals surface area contributed by atoms with E-state index >= 15 is 0 Å². The molecule has 0 aliphatic carbocycles. The number of aromatic hydroxyl groups is 1. The molecule has 0 saturated carbocycles. The van der Waals surface area contributed by atoms with E-state index in [0.29, 0.717) is 34.5 Å². The van der Waals surface area contributed by atoms with Gasteiger partial charge in [-0.1, -0.05) is 17.8 Å². The smallest absolute Gasteiger partial charge is 0.288 e. The molecule has 5 nitrogen and oxygen atoms in total. The predicted octanol–water partition coefficient (Wildman–Crippen LogP) is 4.65. The highest BCUT2D eigenvalue weighted by atomic mass is 32.2. The maximum atomic E-state index is 12.3. The van der Waals surface area contributed by atoms with Gasteiger partial charge in [0.2, 0.25) is 0 Å². The van der Waals surface area contributed by atoms with E-state index in [2.05, 4.69) is 5.32 Å². The van der Waals surface area contributed by atoms with E-state index in [9.17, 15) is 23.9 Å². The highest BCUT2D eigenvalue weighted by Gasteiger charge is 2.11. The zero-order valence-corrected chi connectivity index (χ0v) is 15.1. The van der Waals surface area contributed by atoms with Crippen molar-refractivity contribution < 1.29 is 23.4 Å². The Morgan fingerprint density at radius 3 is 2.63 bits per heavy atom. The van der Waals surface area contributed by atoms with Crippen molar-refractivity contribution in [3.63, 3.8) is 0 Å². The van der Waals surface area contributed by atoms with Gasteiger partial charge in [0.1, 0.15) is 11.6 Å². The summed E-state index contributed by atoms with van der Waals surface area (Å²) in [7, 11) is 0. The summed E-state index contributed by atoms with van der Waals surface area (Å²) >= 11 is 0.403. The Labute approximate surface area is 159 Å². The number of phenolic OH excluding ortho intramolecular Hbond substituents is 1. The molecule has 0 aliphatic rings. The van der Waals surface area contributed by atoms with Crippen LogP contribution < -0.4 is 10.1 Å². The molecule has 0 saturated heterocycles. The van der Waals surface area contributed by atoms with Gasteiger partial charge in [0.05, 0.1) is 6.61 Å². The van der Waals surface area contributed by atoms with Gasteiger partial charge in [-0.2, -0.15) is 14.0 Å². The number of ether oxygens (including phenoxy) is 1. The summed E-state index contributed by atoms with van der Waals surface area (Å²) in [4.78, 5) is 12.6. The summed E-state index contributed by atoms with van der Waals surface area (Å²) in [5.41, 5.74) is 0.723. The second kappa shape index (κ2) is 9.59. The predicted molar refractivity (Wildman–Crippen MR) is 99.8 cm³/mol. The molecule has 0 unspecified atom stereocenters. The minimum absolute atomic E-state index is 0.0429. The Kier molecular flexibility index (Phi) is 7.20. The molecule has 0 bridgehead atoms. The molecule has 0 radical (unpaired) electrons. The highest BCUT2D eigenvalue weighted by molar-refractivity contribution is 7.99. The number of hydrogen-bond acceptors (Lipinski definition) is 5. The van der Waals surface area contributed by atoms with Gasteiger partial charge >= 0.3 is 0 Å². The van der Waals surface area contributed by atoms with E-state index in [-0.39, 0.29) is 17.1 Å². The highest BCUT2D eigenvalue weighted by Crippen LogP contribution is 2.28. The van der Waals surface area contributed by atoms with Gasteiger partial charge < -0.3 is 15.2 Å². The van der Waals surface area contributed by atoms with Crippen LogP contribution in [-0.2, 0) is 4.79 Å². The van der Waals surface area contributed by atoms with Crippen molar-refractivity contribution in [1.29, 1.82) is 5.26 Å². The van der Waals surface area contributed by atoms with Crippen LogP contribution in [0.2, 0.25) is 0 Å². The van der Waals surface area contributed by atoms with Gasteiger partial charge in [0.25, 0.3) is 11.7 Å². The number of nitrogens with one attached hydrogen (secondary N) is 1. The number of halogens is 2. The van der Waals surface area contributed by atoms with Gasteiger partial charge in [-0.25, -0.2) is 0 Å². The summed E-state index contributed by atoms with van der Waals surface area (Å²) in [5, 5.41) is 21.5. The molecule has 2 aromatic rings. The number of carbonyl (C=O) groups excluding carboxylic acids is 1. The Balaban J connectivity index is 2.15. The average molecular weight is 390 g/mol. The fraction of sp³-hybridized carbons (Fsp3) is 0.158. The molecule has 2 rings (SSSR count). The largest absolute Gasteiger partial charge is 0.504 e. The zero-order chi connectivity index (χ0) is 19.8. The Morgan fingerprint density at radius 2 is 2.04 bits per heavy atom. The first-order chi connectivity index (χ1) is 12.9. The summed E-state index contributed by atoms with van der Waals surface area (Å²) in [5.74, 6) is -2.96. The van der Waals surface area contributed by atoms with Crippen LogP contribution in [0.4, 0.5) is 14.5 Å². The minimum atomic E-state index is -2.52. The molecule has 0 spiro atoms. The van der Waals surface area contributed by atoms with E-state index in [1.807, 2.05) is 6.07 Å². The summed E-state index contributed by atoms with van der Waals surface area (Å²) in [6, 6.07) is 12.1. The number of phenols is 1. The second-order valence-corrected chi connectivity index (χ2v) is 6.25. The summed E-state index contributed by atoms with van der Waals surface area (Å²) in [6.07, 6.45) is 1.36. The van der Waals surface area contributed by atoms with Crippen LogP contribution in [0.25, 0.3) is 6.08 Å². The standard InChI is InChI=1S/C19H16F2N2O3S/c1-2-26-17-10-12(3-8-16(17)24)9-13(11-22)18(25)23-14-4-6-15(7-5-14)27-19(20)21/h3-10,19,24H,2H2,1H3,(H,23,25)/b13-9+. The lowest BCUT2D eigenvalue weighted by Crippen LogP contribution is -2.13. The van der Waals surface area contributed by atoms with Crippen molar-refractivity contribution in [1.82, 2.24) is 0 Å². The quantitative estimate of drug-likeness (QED) is 0.408. The third-order valence-electron chi connectivity index (χ3n) is 3.30. The third-order valence-corrected chi connectivity index (χ3v) is 4.02. The van der Waals surface area contributed by atoms with Crippen molar-refractivity contribution in [2.24, 2.45) is 0 Å². The third kappa shape index (κ3) is 6.01. The summed E-state index contributed by atoms with van der Waals surface area (Å²) < 4.78 is 29.9. The molecule has 0 fully saturated rings. The van der Waals surface area contributed by atoms with E-state index in [0.717, 1.165) is 0 Å². The van der Waals surface area contributed by atoms with Gasteiger partial charge in [0, 0.05) is 10.6 Å². The lowest BCUT2D eigenvalue weighted by molar-refractivity contribution is -0.112. The zero-order valence-electron chi connectivity index (χ0n) is 14.3. The normalized spacial score (nSPS) is 11.1. The SMILES string of the molecule is CCOc1cc(/C=C(\C#N)C(=O)Nc2ccc(SC(F)F)cc2)ccc1O. The van der Waals surface area contributed by atoms with E-state index in [4.69, 9.17) is 4.74 Å². The monoisotopic (exact) mass is 390 g/mol. The van der Waals surface area contributed by atoms with Gasteiger partial charge in [-0.05, 0) is 55.0 Å². The van der Waals surface area contributed by atoms with Crippen molar-refractivity contribution in [3.05, 3.63) is 53.6 Å². The Hall–Kier alpha value is -3.05. The molecule has 140 valence electrons.